The number of nitrogens with zero attached hydrogens (tertiary/aromatic N) is 2. The molecule has 96 valence electrons. The lowest BCUT2D eigenvalue weighted by molar-refractivity contribution is 0.469. The fraction of sp³-hybridized carbons (Fsp3) is 0.357. The van der Waals surface area contributed by atoms with E-state index in [1.54, 1.807) is 10.9 Å². The Hall–Kier alpha value is -1.81. The maximum atomic E-state index is 5.84. The summed E-state index contributed by atoms with van der Waals surface area (Å²) in [6, 6.07) is 8.50. The molecule has 0 bridgehead atoms. The van der Waals surface area contributed by atoms with E-state index < -0.39 is 0 Å². The van der Waals surface area contributed by atoms with Crippen LogP contribution in [0.25, 0.3) is 0 Å². The average molecular weight is 245 g/mol. The number of hydrogen-bond acceptors (Lipinski definition) is 3. The minimum absolute atomic E-state index is 0.455. The number of hydrogen-bond donors (Lipinski definition) is 1. The van der Waals surface area contributed by atoms with E-state index in [1.165, 1.54) is 0 Å². The molecule has 0 spiro atoms. The first-order valence-corrected chi connectivity index (χ1v) is 6.13. The highest BCUT2D eigenvalue weighted by Crippen LogP contribution is 2.24. The van der Waals surface area contributed by atoms with Crippen molar-refractivity contribution in [2.24, 2.45) is 7.05 Å². The Morgan fingerprint density at radius 3 is 2.78 bits per heavy atom. The molecule has 0 aliphatic rings. The Bertz CT molecular complexity index is 505. The standard InChI is InChI=1S/C14H19N3O/c1-11(2)15-8-12-6-4-5-7-14(12)18-13-9-16-17(3)10-13/h4-7,9-11,15H,8H2,1-3H3. The van der Waals surface area contributed by atoms with Gasteiger partial charge in [0.05, 0.1) is 12.4 Å². The molecular formula is C14H19N3O. The van der Waals surface area contributed by atoms with Crippen molar-refractivity contribution in [2.45, 2.75) is 26.4 Å². The third-order valence-corrected chi connectivity index (χ3v) is 2.58. The van der Waals surface area contributed by atoms with Crippen LogP contribution in [0.15, 0.2) is 36.7 Å². The van der Waals surface area contributed by atoms with Crippen LogP contribution in [0.5, 0.6) is 11.5 Å². The van der Waals surface area contributed by atoms with Crippen molar-refractivity contribution in [3.8, 4) is 11.5 Å². The maximum absolute atomic E-state index is 5.84. The SMILES string of the molecule is CC(C)NCc1ccccc1Oc1cnn(C)c1. The monoisotopic (exact) mass is 245 g/mol. The zero-order valence-corrected chi connectivity index (χ0v) is 11.1. The van der Waals surface area contributed by atoms with Gasteiger partial charge in [0.2, 0.25) is 0 Å². The fourth-order valence-electron chi connectivity index (χ4n) is 1.64. The molecule has 1 N–H and O–H groups in total. The summed E-state index contributed by atoms with van der Waals surface area (Å²) >= 11 is 0. The van der Waals surface area contributed by atoms with Crippen molar-refractivity contribution in [1.82, 2.24) is 15.1 Å². The Labute approximate surface area is 108 Å². The Morgan fingerprint density at radius 1 is 1.33 bits per heavy atom. The van der Waals surface area contributed by atoms with E-state index in [0.717, 1.165) is 23.6 Å². The van der Waals surface area contributed by atoms with E-state index in [4.69, 9.17) is 4.74 Å². The van der Waals surface area contributed by atoms with Crippen LogP contribution < -0.4 is 10.1 Å². The molecule has 1 heterocycles. The van der Waals surface area contributed by atoms with E-state index in [1.807, 2.05) is 31.4 Å². The Kier molecular flexibility index (Phi) is 3.99. The van der Waals surface area contributed by atoms with E-state index in [0.29, 0.717) is 6.04 Å². The summed E-state index contributed by atoms with van der Waals surface area (Å²) in [7, 11) is 1.87. The van der Waals surface area contributed by atoms with Gasteiger partial charge >= 0.3 is 0 Å². The predicted octanol–water partition coefficient (Wildman–Crippen LogP) is 2.71. The van der Waals surface area contributed by atoms with Crippen molar-refractivity contribution >= 4 is 0 Å². The number of rotatable bonds is 5. The number of ether oxygens (including phenoxy) is 1. The molecule has 0 saturated carbocycles. The van der Waals surface area contributed by atoms with E-state index in [-0.39, 0.29) is 0 Å². The first-order chi connectivity index (χ1) is 8.65. The largest absolute Gasteiger partial charge is 0.454 e. The third-order valence-electron chi connectivity index (χ3n) is 2.58. The van der Waals surface area contributed by atoms with Crippen LogP contribution in [0, 0.1) is 0 Å². The lowest BCUT2D eigenvalue weighted by atomic mass is 10.2. The highest BCUT2D eigenvalue weighted by Gasteiger charge is 2.06. The van der Waals surface area contributed by atoms with E-state index in [9.17, 15) is 0 Å². The quantitative estimate of drug-likeness (QED) is 0.880. The van der Waals surface area contributed by atoms with Gasteiger partial charge in [-0.15, -0.1) is 0 Å². The van der Waals surface area contributed by atoms with Gasteiger partial charge in [0.25, 0.3) is 0 Å². The molecule has 0 amide bonds. The zero-order chi connectivity index (χ0) is 13.0. The number of para-hydroxylation sites is 1. The van der Waals surface area contributed by atoms with Gasteiger partial charge in [-0.25, -0.2) is 0 Å². The van der Waals surface area contributed by atoms with Gasteiger partial charge in [-0.2, -0.15) is 5.10 Å². The van der Waals surface area contributed by atoms with Crippen molar-refractivity contribution in [1.29, 1.82) is 0 Å². The molecule has 0 aliphatic heterocycles. The summed E-state index contributed by atoms with van der Waals surface area (Å²) in [6.07, 6.45) is 3.57. The first-order valence-electron chi connectivity index (χ1n) is 6.13. The zero-order valence-electron chi connectivity index (χ0n) is 11.1. The fourth-order valence-corrected chi connectivity index (χ4v) is 1.64. The number of benzene rings is 1. The summed E-state index contributed by atoms with van der Waals surface area (Å²) in [6.45, 7) is 5.06. The third kappa shape index (κ3) is 3.34. The van der Waals surface area contributed by atoms with Crippen LogP contribution in [0.4, 0.5) is 0 Å². The van der Waals surface area contributed by atoms with Crippen molar-refractivity contribution in [3.63, 3.8) is 0 Å². The van der Waals surface area contributed by atoms with Gasteiger partial charge < -0.3 is 10.1 Å². The van der Waals surface area contributed by atoms with Gasteiger partial charge in [-0.1, -0.05) is 32.0 Å². The van der Waals surface area contributed by atoms with Crippen molar-refractivity contribution in [3.05, 3.63) is 42.2 Å². The van der Waals surface area contributed by atoms with Crippen LogP contribution in [0.1, 0.15) is 19.4 Å². The minimum atomic E-state index is 0.455. The molecule has 0 atom stereocenters. The van der Waals surface area contributed by atoms with Crippen LogP contribution in [0.2, 0.25) is 0 Å². The topological polar surface area (TPSA) is 39.1 Å². The van der Waals surface area contributed by atoms with Crippen molar-refractivity contribution < 1.29 is 4.74 Å². The number of nitrogens with one attached hydrogen (secondary N) is 1. The van der Waals surface area contributed by atoms with Gasteiger partial charge in [-0.3, -0.25) is 4.68 Å². The molecule has 4 nitrogen and oxygen atoms in total. The summed E-state index contributed by atoms with van der Waals surface area (Å²) in [5.41, 5.74) is 1.15. The predicted molar refractivity (Wildman–Crippen MR) is 71.7 cm³/mol. The highest BCUT2D eigenvalue weighted by atomic mass is 16.5. The highest BCUT2D eigenvalue weighted by molar-refractivity contribution is 5.36. The molecule has 1 aromatic heterocycles. The molecule has 2 rings (SSSR count). The van der Waals surface area contributed by atoms with Crippen LogP contribution in [-0.2, 0) is 13.6 Å². The molecule has 2 aromatic rings. The van der Waals surface area contributed by atoms with E-state index in [2.05, 4.69) is 30.3 Å². The lowest BCUT2D eigenvalue weighted by Crippen LogP contribution is -2.22. The second-order valence-electron chi connectivity index (χ2n) is 4.60. The van der Waals surface area contributed by atoms with Gasteiger partial charge in [-0.05, 0) is 6.07 Å². The van der Waals surface area contributed by atoms with Crippen LogP contribution >= 0.6 is 0 Å². The maximum Gasteiger partial charge on any atom is 0.165 e. The second kappa shape index (κ2) is 5.69. The Balaban J connectivity index is 2.11. The summed E-state index contributed by atoms with van der Waals surface area (Å²) in [4.78, 5) is 0. The van der Waals surface area contributed by atoms with Crippen molar-refractivity contribution in [2.75, 3.05) is 0 Å². The molecule has 1 aromatic carbocycles. The first kappa shape index (κ1) is 12.6. The van der Waals surface area contributed by atoms with Gasteiger partial charge in [0.1, 0.15) is 5.75 Å². The second-order valence-corrected chi connectivity index (χ2v) is 4.60. The molecule has 0 radical (unpaired) electrons. The molecule has 4 heteroatoms. The summed E-state index contributed by atoms with van der Waals surface area (Å²) in [5, 5.41) is 7.49. The molecule has 0 fully saturated rings. The number of aryl methyl sites for hydroxylation is 1. The Morgan fingerprint density at radius 2 is 2.11 bits per heavy atom. The molecule has 18 heavy (non-hydrogen) atoms. The van der Waals surface area contributed by atoms with Crippen LogP contribution in [0.3, 0.4) is 0 Å². The molecule has 0 unspecified atom stereocenters. The van der Waals surface area contributed by atoms with E-state index >= 15 is 0 Å². The number of aromatic nitrogens is 2. The van der Waals surface area contributed by atoms with Gasteiger partial charge in [0.15, 0.2) is 5.75 Å². The van der Waals surface area contributed by atoms with Gasteiger partial charge in [0, 0.05) is 25.2 Å². The van der Waals surface area contributed by atoms with Crippen LogP contribution in [-0.4, -0.2) is 15.8 Å². The smallest absolute Gasteiger partial charge is 0.165 e. The normalized spacial score (nSPS) is 10.9. The molecular weight excluding hydrogens is 226 g/mol. The minimum Gasteiger partial charge on any atom is -0.454 e. The lowest BCUT2D eigenvalue weighted by Gasteiger charge is -2.12. The average Bonchev–Trinajstić information content (AvgIpc) is 2.73. The summed E-state index contributed by atoms with van der Waals surface area (Å²) in [5.74, 6) is 1.63. The summed E-state index contributed by atoms with van der Waals surface area (Å²) < 4.78 is 7.57. The molecule has 0 saturated heterocycles. The molecule has 0 aliphatic carbocycles.